The molecule has 114 valence electrons. The van der Waals surface area contributed by atoms with E-state index in [1.807, 2.05) is 0 Å². The summed E-state index contributed by atoms with van der Waals surface area (Å²) >= 11 is 0. The van der Waals surface area contributed by atoms with Crippen molar-refractivity contribution in [1.82, 2.24) is 10.2 Å². The number of aliphatic hydroxyl groups excluding tert-OH is 1. The Balaban J connectivity index is 2.29. The minimum absolute atomic E-state index is 0.342. The predicted octanol–water partition coefficient (Wildman–Crippen LogP) is 2.64. The molecule has 3 nitrogen and oxygen atoms in total. The summed E-state index contributed by atoms with van der Waals surface area (Å²) in [6, 6.07) is 0.729. The predicted molar refractivity (Wildman–Crippen MR) is 82.5 cm³/mol. The lowest BCUT2D eigenvalue weighted by atomic mass is 9.94. The quantitative estimate of drug-likeness (QED) is 0.499. The molecule has 3 heteroatoms. The molecule has 1 saturated carbocycles. The summed E-state index contributed by atoms with van der Waals surface area (Å²) in [5.41, 5.74) is 0. The number of nitrogens with zero attached hydrogens (tertiary/aromatic N) is 1. The number of nitrogens with one attached hydrogen (secondary N) is 1. The molecule has 0 aromatic heterocycles. The fourth-order valence-corrected chi connectivity index (χ4v) is 3.30. The molecule has 0 radical (unpaired) electrons. The van der Waals surface area contributed by atoms with E-state index in [9.17, 15) is 0 Å². The first-order valence-electron chi connectivity index (χ1n) is 8.30. The van der Waals surface area contributed by atoms with Gasteiger partial charge in [-0.3, -0.25) is 0 Å². The van der Waals surface area contributed by atoms with Crippen molar-refractivity contribution in [3.63, 3.8) is 0 Å². The van der Waals surface area contributed by atoms with Crippen LogP contribution >= 0.6 is 0 Å². The van der Waals surface area contributed by atoms with Crippen LogP contribution in [0, 0.1) is 5.92 Å². The van der Waals surface area contributed by atoms with Crippen LogP contribution < -0.4 is 5.32 Å². The van der Waals surface area contributed by atoms with Crippen LogP contribution in [0.5, 0.6) is 0 Å². The van der Waals surface area contributed by atoms with Crippen molar-refractivity contribution in [2.45, 2.75) is 64.3 Å². The van der Waals surface area contributed by atoms with Gasteiger partial charge in [-0.1, -0.05) is 26.2 Å². The average Bonchev–Trinajstić information content (AvgIpc) is 2.61. The molecule has 1 aliphatic carbocycles. The monoisotopic (exact) mass is 270 g/mol. The molecule has 2 unspecified atom stereocenters. The lowest BCUT2D eigenvalue weighted by Crippen LogP contribution is -2.41. The summed E-state index contributed by atoms with van der Waals surface area (Å²) in [7, 11) is 2.26. The Labute approximate surface area is 119 Å². The van der Waals surface area contributed by atoms with Gasteiger partial charge in [0.2, 0.25) is 0 Å². The van der Waals surface area contributed by atoms with Crippen molar-refractivity contribution in [2.75, 3.05) is 33.3 Å². The molecule has 0 aromatic carbocycles. The third-order valence-corrected chi connectivity index (χ3v) is 4.37. The van der Waals surface area contributed by atoms with Crippen LogP contribution in [-0.2, 0) is 0 Å². The van der Waals surface area contributed by atoms with Crippen LogP contribution in [0.1, 0.15) is 58.3 Å². The van der Waals surface area contributed by atoms with Gasteiger partial charge in [0.25, 0.3) is 0 Å². The molecule has 1 rings (SSSR count). The van der Waals surface area contributed by atoms with Crippen LogP contribution in [0.3, 0.4) is 0 Å². The van der Waals surface area contributed by atoms with Gasteiger partial charge < -0.3 is 15.3 Å². The van der Waals surface area contributed by atoms with Gasteiger partial charge in [-0.15, -0.1) is 0 Å². The standard InChI is InChI=1S/C16H34N2O/c1-3-17-16-11-7-4-6-10-15(16)14-18(2)12-8-5-9-13-19/h15-17,19H,3-14H2,1-2H3. The Hall–Kier alpha value is -0.120. The highest BCUT2D eigenvalue weighted by molar-refractivity contribution is 4.81. The molecule has 2 atom stereocenters. The summed E-state index contributed by atoms with van der Waals surface area (Å²) < 4.78 is 0. The van der Waals surface area contributed by atoms with Crippen molar-refractivity contribution in [2.24, 2.45) is 5.92 Å². The number of hydrogen-bond acceptors (Lipinski definition) is 3. The van der Waals surface area contributed by atoms with Gasteiger partial charge in [0.15, 0.2) is 0 Å². The first-order valence-corrected chi connectivity index (χ1v) is 8.30. The largest absolute Gasteiger partial charge is 0.396 e. The van der Waals surface area contributed by atoms with E-state index in [-0.39, 0.29) is 0 Å². The highest BCUT2D eigenvalue weighted by atomic mass is 16.2. The molecule has 0 bridgehead atoms. The molecule has 1 fully saturated rings. The van der Waals surface area contributed by atoms with Crippen LogP contribution in [0.2, 0.25) is 0 Å². The van der Waals surface area contributed by atoms with Gasteiger partial charge >= 0.3 is 0 Å². The molecular formula is C16H34N2O. The van der Waals surface area contributed by atoms with Crippen molar-refractivity contribution in [1.29, 1.82) is 0 Å². The Morgan fingerprint density at radius 1 is 1.11 bits per heavy atom. The van der Waals surface area contributed by atoms with Crippen LogP contribution in [0.4, 0.5) is 0 Å². The topological polar surface area (TPSA) is 35.5 Å². The smallest absolute Gasteiger partial charge is 0.0431 e. The Kier molecular flexibility index (Phi) is 9.48. The minimum atomic E-state index is 0.342. The molecule has 0 aliphatic heterocycles. The third kappa shape index (κ3) is 7.28. The van der Waals surface area contributed by atoms with E-state index in [0.29, 0.717) is 6.61 Å². The molecular weight excluding hydrogens is 236 g/mol. The van der Waals surface area contributed by atoms with E-state index in [4.69, 9.17) is 5.11 Å². The van der Waals surface area contributed by atoms with Crippen molar-refractivity contribution >= 4 is 0 Å². The van der Waals surface area contributed by atoms with Crippen LogP contribution in [0.15, 0.2) is 0 Å². The maximum absolute atomic E-state index is 8.80. The van der Waals surface area contributed by atoms with Gasteiger partial charge in [0, 0.05) is 19.2 Å². The van der Waals surface area contributed by atoms with E-state index >= 15 is 0 Å². The Morgan fingerprint density at radius 3 is 2.63 bits per heavy atom. The van der Waals surface area contributed by atoms with E-state index < -0.39 is 0 Å². The Morgan fingerprint density at radius 2 is 1.89 bits per heavy atom. The van der Waals surface area contributed by atoms with Crippen LogP contribution in [-0.4, -0.2) is 49.3 Å². The average molecular weight is 270 g/mol. The number of aliphatic hydroxyl groups is 1. The lowest BCUT2D eigenvalue weighted by molar-refractivity contribution is 0.219. The van der Waals surface area contributed by atoms with E-state index in [1.54, 1.807) is 0 Å². The number of rotatable bonds is 9. The Bertz CT molecular complexity index is 211. The first-order chi connectivity index (χ1) is 9.27. The second-order valence-electron chi connectivity index (χ2n) is 6.11. The fraction of sp³-hybridized carbons (Fsp3) is 1.00. The minimum Gasteiger partial charge on any atom is -0.396 e. The zero-order chi connectivity index (χ0) is 13.9. The number of hydrogen-bond donors (Lipinski definition) is 2. The van der Waals surface area contributed by atoms with Gasteiger partial charge in [-0.25, -0.2) is 0 Å². The molecule has 1 aliphatic rings. The summed E-state index contributed by atoms with van der Waals surface area (Å²) in [4.78, 5) is 2.50. The summed E-state index contributed by atoms with van der Waals surface area (Å²) in [5, 5.41) is 12.5. The fourth-order valence-electron chi connectivity index (χ4n) is 3.30. The van der Waals surface area contributed by atoms with E-state index in [0.717, 1.165) is 31.3 Å². The second-order valence-corrected chi connectivity index (χ2v) is 6.11. The van der Waals surface area contributed by atoms with Gasteiger partial charge in [-0.2, -0.15) is 0 Å². The normalized spacial score (nSPS) is 24.6. The maximum Gasteiger partial charge on any atom is 0.0431 e. The second kappa shape index (κ2) is 10.6. The van der Waals surface area contributed by atoms with Crippen molar-refractivity contribution in [3.05, 3.63) is 0 Å². The molecule has 0 saturated heterocycles. The van der Waals surface area contributed by atoms with E-state index in [1.165, 1.54) is 51.6 Å². The number of unbranched alkanes of at least 4 members (excludes halogenated alkanes) is 2. The summed E-state index contributed by atoms with van der Waals surface area (Å²) in [6.45, 7) is 6.07. The summed E-state index contributed by atoms with van der Waals surface area (Å²) in [6.07, 6.45) is 10.3. The zero-order valence-electron chi connectivity index (χ0n) is 13.0. The third-order valence-electron chi connectivity index (χ3n) is 4.37. The van der Waals surface area contributed by atoms with Crippen molar-refractivity contribution in [3.8, 4) is 0 Å². The lowest BCUT2D eigenvalue weighted by Gasteiger charge is -2.30. The molecule has 2 N–H and O–H groups in total. The molecule has 19 heavy (non-hydrogen) atoms. The van der Waals surface area contributed by atoms with Gasteiger partial charge in [0.1, 0.15) is 0 Å². The van der Waals surface area contributed by atoms with Gasteiger partial charge in [-0.05, 0) is 58.2 Å². The van der Waals surface area contributed by atoms with Gasteiger partial charge in [0.05, 0.1) is 0 Å². The first kappa shape index (κ1) is 16.9. The molecule has 0 amide bonds. The molecule has 0 aromatic rings. The highest BCUT2D eigenvalue weighted by Gasteiger charge is 2.23. The SMILES string of the molecule is CCNC1CCCCCC1CN(C)CCCCCO. The van der Waals surface area contributed by atoms with E-state index in [2.05, 4.69) is 24.2 Å². The summed E-state index contributed by atoms with van der Waals surface area (Å²) in [5.74, 6) is 0.824. The molecule has 0 spiro atoms. The van der Waals surface area contributed by atoms with Crippen LogP contribution in [0.25, 0.3) is 0 Å². The highest BCUT2D eigenvalue weighted by Crippen LogP contribution is 2.24. The maximum atomic E-state index is 8.80. The van der Waals surface area contributed by atoms with Crippen molar-refractivity contribution < 1.29 is 5.11 Å². The molecule has 0 heterocycles. The zero-order valence-corrected chi connectivity index (χ0v) is 13.0.